The Kier molecular flexibility index (Phi) is 6.31. The summed E-state index contributed by atoms with van der Waals surface area (Å²) in [5.41, 5.74) is 1.49. The third-order valence-corrected chi connectivity index (χ3v) is 3.48. The minimum absolute atomic E-state index is 0.00172. The van der Waals surface area contributed by atoms with Crippen LogP contribution in [-0.4, -0.2) is 42.4 Å². The molecule has 0 radical (unpaired) electrons. The van der Waals surface area contributed by atoms with Gasteiger partial charge in [-0.3, -0.25) is 14.6 Å². The number of hydrogen-bond acceptors (Lipinski definition) is 4. The summed E-state index contributed by atoms with van der Waals surface area (Å²) in [4.78, 5) is 29.7. The minimum atomic E-state index is -0.253. The molecule has 2 aromatic rings. The lowest BCUT2D eigenvalue weighted by Crippen LogP contribution is -2.35. The monoisotopic (exact) mass is 327 g/mol. The summed E-state index contributed by atoms with van der Waals surface area (Å²) in [6.07, 6.45) is 2.58. The van der Waals surface area contributed by atoms with Gasteiger partial charge in [0.2, 0.25) is 11.8 Å². The molecule has 0 aliphatic heterocycles. The van der Waals surface area contributed by atoms with Crippen molar-refractivity contribution in [2.75, 3.05) is 26.0 Å². The fourth-order valence-corrected chi connectivity index (χ4v) is 2.18. The molecular formula is C18H21N3O3. The maximum atomic E-state index is 12.1. The molecule has 1 aromatic carbocycles. The number of amides is 2. The number of methoxy groups -OCH3 is 1. The second-order valence-corrected chi connectivity index (χ2v) is 5.35. The molecule has 0 unspecified atom stereocenters. The average molecular weight is 327 g/mol. The van der Waals surface area contributed by atoms with E-state index in [-0.39, 0.29) is 18.4 Å². The molecular weight excluding hydrogens is 306 g/mol. The average Bonchev–Trinajstić information content (AvgIpc) is 2.60. The van der Waals surface area contributed by atoms with E-state index in [1.165, 1.54) is 4.90 Å². The van der Waals surface area contributed by atoms with Crippen LogP contribution in [0.4, 0.5) is 5.69 Å². The summed E-state index contributed by atoms with van der Waals surface area (Å²) in [6, 6.07) is 12.7. The van der Waals surface area contributed by atoms with E-state index in [1.807, 2.05) is 18.2 Å². The molecule has 1 heterocycles. The zero-order chi connectivity index (χ0) is 17.4. The molecule has 0 spiro atoms. The molecule has 1 aromatic heterocycles. The highest BCUT2D eigenvalue weighted by Crippen LogP contribution is 2.16. The summed E-state index contributed by atoms with van der Waals surface area (Å²) < 4.78 is 5.11. The largest absolute Gasteiger partial charge is 0.497 e. The van der Waals surface area contributed by atoms with Gasteiger partial charge < -0.3 is 15.0 Å². The van der Waals surface area contributed by atoms with E-state index in [0.29, 0.717) is 24.3 Å². The van der Waals surface area contributed by atoms with E-state index in [2.05, 4.69) is 10.3 Å². The predicted molar refractivity (Wildman–Crippen MR) is 91.8 cm³/mol. The normalized spacial score (nSPS) is 10.1. The fourth-order valence-electron chi connectivity index (χ4n) is 2.18. The van der Waals surface area contributed by atoms with Gasteiger partial charge in [0.1, 0.15) is 5.75 Å². The first kappa shape index (κ1) is 17.5. The molecule has 6 heteroatoms. The van der Waals surface area contributed by atoms with Gasteiger partial charge in [0.25, 0.3) is 0 Å². The van der Waals surface area contributed by atoms with Crippen molar-refractivity contribution in [3.05, 3.63) is 54.4 Å². The number of anilines is 1. The number of nitrogens with zero attached hydrogens (tertiary/aromatic N) is 2. The van der Waals surface area contributed by atoms with Gasteiger partial charge in [0.05, 0.1) is 13.7 Å². The maximum absolute atomic E-state index is 12.1. The SMILES string of the molecule is COc1cccc(NC(=O)CN(C)C(=O)CCc2ccccn2)c1. The Morgan fingerprint density at radius 3 is 2.75 bits per heavy atom. The van der Waals surface area contributed by atoms with Crippen molar-refractivity contribution < 1.29 is 14.3 Å². The van der Waals surface area contributed by atoms with Crippen molar-refractivity contribution in [2.45, 2.75) is 12.8 Å². The Morgan fingerprint density at radius 1 is 1.21 bits per heavy atom. The number of benzene rings is 1. The van der Waals surface area contributed by atoms with Crippen LogP contribution in [0.5, 0.6) is 5.75 Å². The molecule has 2 rings (SSSR count). The Labute approximate surface area is 141 Å². The first-order valence-corrected chi connectivity index (χ1v) is 7.66. The number of carbonyl (C=O) groups excluding carboxylic acids is 2. The zero-order valence-corrected chi connectivity index (χ0v) is 13.9. The molecule has 2 amide bonds. The van der Waals surface area contributed by atoms with E-state index in [0.717, 1.165) is 5.69 Å². The van der Waals surface area contributed by atoms with Gasteiger partial charge in [0, 0.05) is 37.1 Å². The zero-order valence-electron chi connectivity index (χ0n) is 13.9. The number of rotatable bonds is 7. The number of aromatic nitrogens is 1. The van der Waals surface area contributed by atoms with Gasteiger partial charge in [-0.25, -0.2) is 0 Å². The van der Waals surface area contributed by atoms with Crippen LogP contribution in [0.3, 0.4) is 0 Å². The summed E-state index contributed by atoms with van der Waals surface area (Å²) in [6.45, 7) is -0.00172. The molecule has 24 heavy (non-hydrogen) atoms. The number of nitrogens with one attached hydrogen (secondary N) is 1. The van der Waals surface area contributed by atoms with Crippen LogP contribution >= 0.6 is 0 Å². The Morgan fingerprint density at radius 2 is 2.04 bits per heavy atom. The summed E-state index contributed by atoms with van der Waals surface area (Å²) in [5.74, 6) is 0.311. The van der Waals surface area contributed by atoms with Crippen LogP contribution in [0.1, 0.15) is 12.1 Å². The number of likely N-dealkylation sites (N-methyl/N-ethyl adjacent to an activating group) is 1. The van der Waals surface area contributed by atoms with Crippen LogP contribution in [0.15, 0.2) is 48.7 Å². The molecule has 6 nitrogen and oxygen atoms in total. The molecule has 1 N–H and O–H groups in total. The highest BCUT2D eigenvalue weighted by atomic mass is 16.5. The maximum Gasteiger partial charge on any atom is 0.243 e. The van der Waals surface area contributed by atoms with E-state index >= 15 is 0 Å². The number of carbonyl (C=O) groups is 2. The van der Waals surface area contributed by atoms with Crippen LogP contribution in [0.2, 0.25) is 0 Å². The molecule has 0 saturated carbocycles. The predicted octanol–water partition coefficient (Wildman–Crippen LogP) is 2.12. The molecule has 0 aliphatic carbocycles. The molecule has 0 aliphatic rings. The van der Waals surface area contributed by atoms with Crippen molar-refractivity contribution >= 4 is 17.5 Å². The highest BCUT2D eigenvalue weighted by Gasteiger charge is 2.13. The number of pyridine rings is 1. The van der Waals surface area contributed by atoms with Gasteiger partial charge in [-0.15, -0.1) is 0 Å². The first-order valence-electron chi connectivity index (χ1n) is 7.66. The molecule has 0 fully saturated rings. The van der Waals surface area contributed by atoms with Gasteiger partial charge in [-0.1, -0.05) is 12.1 Å². The molecule has 0 saturated heterocycles. The second kappa shape index (κ2) is 8.67. The van der Waals surface area contributed by atoms with Crippen molar-refractivity contribution in [2.24, 2.45) is 0 Å². The van der Waals surface area contributed by atoms with Crippen LogP contribution < -0.4 is 10.1 Å². The van der Waals surface area contributed by atoms with Crippen LogP contribution in [0.25, 0.3) is 0 Å². The fraction of sp³-hybridized carbons (Fsp3) is 0.278. The third-order valence-electron chi connectivity index (χ3n) is 3.48. The van der Waals surface area contributed by atoms with Crippen molar-refractivity contribution in [3.8, 4) is 5.75 Å². The molecule has 126 valence electrons. The molecule has 0 bridgehead atoms. The summed E-state index contributed by atoms with van der Waals surface area (Å²) in [7, 11) is 3.18. The van der Waals surface area contributed by atoms with Crippen molar-refractivity contribution in [1.82, 2.24) is 9.88 Å². The minimum Gasteiger partial charge on any atom is -0.497 e. The first-order chi connectivity index (χ1) is 11.6. The number of ether oxygens (including phenoxy) is 1. The quantitative estimate of drug-likeness (QED) is 0.845. The number of aryl methyl sites for hydroxylation is 1. The summed E-state index contributed by atoms with van der Waals surface area (Å²) >= 11 is 0. The third kappa shape index (κ3) is 5.39. The Balaban J connectivity index is 1.80. The van der Waals surface area contributed by atoms with E-state index in [9.17, 15) is 9.59 Å². The van der Waals surface area contributed by atoms with E-state index in [4.69, 9.17) is 4.74 Å². The second-order valence-electron chi connectivity index (χ2n) is 5.35. The van der Waals surface area contributed by atoms with Gasteiger partial charge in [0.15, 0.2) is 0 Å². The van der Waals surface area contributed by atoms with Gasteiger partial charge in [-0.05, 0) is 30.7 Å². The standard InChI is InChI=1S/C18H21N3O3/c1-21(18(23)10-9-14-6-3-4-11-19-14)13-17(22)20-15-7-5-8-16(12-15)24-2/h3-8,11-12H,9-10,13H2,1-2H3,(H,20,22). The molecule has 0 atom stereocenters. The van der Waals surface area contributed by atoms with Gasteiger partial charge in [-0.2, -0.15) is 0 Å². The van der Waals surface area contributed by atoms with Crippen molar-refractivity contribution in [3.63, 3.8) is 0 Å². The van der Waals surface area contributed by atoms with Crippen LogP contribution in [0, 0.1) is 0 Å². The number of hydrogen-bond donors (Lipinski definition) is 1. The van der Waals surface area contributed by atoms with Crippen molar-refractivity contribution in [1.29, 1.82) is 0 Å². The lowest BCUT2D eigenvalue weighted by atomic mass is 10.2. The smallest absolute Gasteiger partial charge is 0.243 e. The Hall–Kier alpha value is -2.89. The van der Waals surface area contributed by atoms with E-state index in [1.54, 1.807) is 44.6 Å². The summed E-state index contributed by atoms with van der Waals surface area (Å²) in [5, 5.41) is 2.75. The highest BCUT2D eigenvalue weighted by molar-refractivity contribution is 5.94. The van der Waals surface area contributed by atoms with E-state index < -0.39 is 0 Å². The van der Waals surface area contributed by atoms with Gasteiger partial charge >= 0.3 is 0 Å². The lowest BCUT2D eigenvalue weighted by Gasteiger charge is -2.17. The Bertz CT molecular complexity index is 689. The topological polar surface area (TPSA) is 71.5 Å². The lowest BCUT2D eigenvalue weighted by molar-refractivity contribution is -0.133. The van der Waals surface area contributed by atoms with Crippen LogP contribution in [-0.2, 0) is 16.0 Å².